The van der Waals surface area contributed by atoms with Crippen molar-refractivity contribution in [2.45, 2.75) is 37.4 Å². The third-order valence-corrected chi connectivity index (χ3v) is 9.37. The maximum absolute atomic E-state index is 14.5. The summed E-state index contributed by atoms with van der Waals surface area (Å²) < 4.78 is 20.7. The van der Waals surface area contributed by atoms with Crippen molar-refractivity contribution in [2.24, 2.45) is 0 Å². The minimum absolute atomic E-state index is 0.0239. The highest BCUT2D eigenvalue weighted by Crippen LogP contribution is 2.41. The van der Waals surface area contributed by atoms with Crippen LogP contribution in [0.3, 0.4) is 0 Å². The van der Waals surface area contributed by atoms with Gasteiger partial charge in [0, 0.05) is 29.9 Å². The topological polar surface area (TPSA) is 61.8 Å². The lowest BCUT2D eigenvalue weighted by atomic mass is 9.95. The molecule has 0 spiro atoms. The first kappa shape index (κ1) is 26.2. The van der Waals surface area contributed by atoms with Crippen molar-refractivity contribution < 1.29 is 13.9 Å². The number of halogens is 2. The van der Waals surface area contributed by atoms with E-state index in [1.165, 1.54) is 12.1 Å². The number of likely N-dealkylation sites (N-methyl/N-ethyl adjacent to an activating group) is 1. The Morgan fingerprint density at radius 3 is 2.83 bits per heavy atom. The molecule has 0 N–H and O–H groups in total. The van der Waals surface area contributed by atoms with Gasteiger partial charge in [-0.15, -0.1) is 0 Å². The number of hydrogen-bond donors (Lipinski definition) is 0. The van der Waals surface area contributed by atoms with Crippen LogP contribution >= 0.6 is 11.6 Å². The fourth-order valence-electron chi connectivity index (χ4n) is 6.71. The molecule has 7 nitrogen and oxygen atoms in total. The summed E-state index contributed by atoms with van der Waals surface area (Å²) in [5, 5.41) is 2.56. The molecule has 0 bridgehead atoms. The molecule has 0 aliphatic carbocycles. The van der Waals surface area contributed by atoms with Crippen molar-refractivity contribution in [1.82, 2.24) is 19.8 Å². The van der Waals surface area contributed by atoms with Crippen LogP contribution in [0.25, 0.3) is 32.8 Å². The van der Waals surface area contributed by atoms with Gasteiger partial charge >= 0.3 is 6.01 Å². The van der Waals surface area contributed by atoms with Gasteiger partial charge in [0.15, 0.2) is 0 Å². The fraction of sp³-hybridized carbons (Fsp3) is 0.344. The van der Waals surface area contributed by atoms with Crippen molar-refractivity contribution in [1.29, 1.82) is 0 Å². The third kappa shape index (κ3) is 4.41. The number of carbonyl (C=O) groups is 1. The summed E-state index contributed by atoms with van der Waals surface area (Å²) in [6, 6.07) is 16.0. The van der Waals surface area contributed by atoms with E-state index in [0.717, 1.165) is 59.0 Å². The molecule has 1 unspecified atom stereocenters. The monoisotopic (exact) mass is 571 g/mol. The zero-order valence-electron chi connectivity index (χ0n) is 22.9. The Morgan fingerprint density at radius 2 is 2.02 bits per heavy atom. The van der Waals surface area contributed by atoms with Crippen LogP contribution in [0.4, 0.5) is 10.2 Å². The Morgan fingerprint density at radius 1 is 1.15 bits per heavy atom. The molecular formula is C32H31ClFN5O2. The summed E-state index contributed by atoms with van der Waals surface area (Å²) >= 11 is 6.46. The molecule has 3 aliphatic heterocycles. The lowest BCUT2D eigenvalue weighted by molar-refractivity contribution is -0.127. The van der Waals surface area contributed by atoms with Gasteiger partial charge in [0.05, 0.1) is 22.6 Å². The smallest absolute Gasteiger partial charge is 0.319 e. The number of likely N-dealkylation sites (tertiary alicyclic amines) is 2. The first-order valence-electron chi connectivity index (χ1n) is 14.1. The zero-order valence-corrected chi connectivity index (χ0v) is 23.6. The number of amides is 1. The molecule has 3 aliphatic rings. The van der Waals surface area contributed by atoms with Crippen molar-refractivity contribution in [3.05, 3.63) is 72.0 Å². The third-order valence-electron chi connectivity index (χ3n) is 9.00. The van der Waals surface area contributed by atoms with Crippen LogP contribution in [-0.2, 0) is 4.79 Å². The molecular weight excluding hydrogens is 541 g/mol. The quantitative estimate of drug-likeness (QED) is 0.277. The normalized spacial score (nSPS) is 22.3. The molecule has 0 radical (unpaired) electrons. The van der Waals surface area contributed by atoms with E-state index in [0.29, 0.717) is 37.1 Å². The van der Waals surface area contributed by atoms with E-state index >= 15 is 0 Å². The van der Waals surface area contributed by atoms with Gasteiger partial charge in [-0.25, -0.2) is 4.39 Å². The molecule has 210 valence electrons. The summed E-state index contributed by atoms with van der Waals surface area (Å²) in [6.07, 6.45) is 4.51. The van der Waals surface area contributed by atoms with Gasteiger partial charge in [0.1, 0.15) is 18.2 Å². The van der Waals surface area contributed by atoms with Crippen LogP contribution in [0.15, 0.2) is 61.2 Å². The minimum Gasteiger partial charge on any atom is -0.462 e. The van der Waals surface area contributed by atoms with Crippen LogP contribution < -0.4 is 9.64 Å². The van der Waals surface area contributed by atoms with E-state index in [4.69, 9.17) is 26.3 Å². The Kier molecular flexibility index (Phi) is 6.55. The Labute approximate surface area is 243 Å². The summed E-state index contributed by atoms with van der Waals surface area (Å²) in [5.41, 5.74) is 2.46. The molecule has 41 heavy (non-hydrogen) atoms. The predicted molar refractivity (Wildman–Crippen MR) is 160 cm³/mol. The standard InChI is InChI=1S/C32H31ClFN5O2/c1-3-28(40)38-15-13-26-27(38)17-39(26)31-23-11-9-20(22-8-4-6-19-10-12-24(34)30(33)29(19)22)16-25(23)35-32(36-31)41-18-21-7-5-14-37(21)2/h3-4,6,8-12,16,21,26-27H,1,5,7,13-15,17-18H2,2H3/t21?,26-,27-/m1/s1. The van der Waals surface area contributed by atoms with Gasteiger partial charge in [-0.3, -0.25) is 4.79 Å². The number of hydrogen-bond acceptors (Lipinski definition) is 6. The first-order valence-corrected chi connectivity index (χ1v) is 14.5. The Hall–Kier alpha value is -3.75. The molecule has 9 heteroatoms. The average Bonchev–Trinajstić information content (AvgIpc) is 3.54. The molecule has 3 aromatic carbocycles. The Balaban J connectivity index is 1.30. The SMILES string of the molecule is C=CC(=O)N1CC[C@@H]2[C@H]1CN2c1nc(OCC2CCCN2C)nc2cc(-c3cccc4ccc(F)c(Cl)c34)ccc12. The summed E-state index contributed by atoms with van der Waals surface area (Å²) in [5.74, 6) is 0.342. The van der Waals surface area contributed by atoms with E-state index in [-0.39, 0.29) is 23.0 Å². The van der Waals surface area contributed by atoms with Crippen LogP contribution in [0, 0.1) is 5.82 Å². The molecule has 3 saturated heterocycles. The van der Waals surface area contributed by atoms with Gasteiger partial charge < -0.3 is 19.4 Å². The molecule has 1 aromatic heterocycles. The molecule has 4 aromatic rings. The van der Waals surface area contributed by atoms with E-state index in [1.807, 2.05) is 41.3 Å². The molecule has 3 atom stereocenters. The van der Waals surface area contributed by atoms with Crippen molar-refractivity contribution in [2.75, 3.05) is 38.2 Å². The van der Waals surface area contributed by atoms with E-state index in [1.54, 1.807) is 6.07 Å². The highest BCUT2D eigenvalue weighted by atomic mass is 35.5. The second kappa shape index (κ2) is 10.3. The summed E-state index contributed by atoms with van der Waals surface area (Å²) in [4.78, 5) is 28.6. The second-order valence-electron chi connectivity index (χ2n) is 11.2. The van der Waals surface area contributed by atoms with Gasteiger partial charge in [-0.2, -0.15) is 9.97 Å². The van der Waals surface area contributed by atoms with E-state index < -0.39 is 5.82 Å². The number of anilines is 1. The zero-order chi connectivity index (χ0) is 28.2. The van der Waals surface area contributed by atoms with Crippen LogP contribution in [0.1, 0.15) is 19.3 Å². The van der Waals surface area contributed by atoms with E-state index in [2.05, 4.69) is 23.4 Å². The summed E-state index contributed by atoms with van der Waals surface area (Å²) in [6.45, 7) is 6.65. The molecule has 0 saturated carbocycles. The van der Waals surface area contributed by atoms with Crippen LogP contribution in [-0.4, -0.2) is 77.1 Å². The van der Waals surface area contributed by atoms with Gasteiger partial charge in [-0.05, 0) is 73.6 Å². The minimum atomic E-state index is -0.447. The second-order valence-corrected chi connectivity index (χ2v) is 11.6. The number of nitrogens with zero attached hydrogens (tertiary/aromatic N) is 5. The van der Waals surface area contributed by atoms with Crippen LogP contribution in [0.2, 0.25) is 5.02 Å². The maximum Gasteiger partial charge on any atom is 0.319 e. The van der Waals surface area contributed by atoms with Gasteiger partial charge in [0.25, 0.3) is 0 Å². The van der Waals surface area contributed by atoms with Crippen LogP contribution in [0.5, 0.6) is 6.01 Å². The number of carbonyl (C=O) groups excluding carboxylic acids is 1. The Bertz CT molecular complexity index is 1700. The predicted octanol–water partition coefficient (Wildman–Crippen LogP) is 5.69. The largest absolute Gasteiger partial charge is 0.462 e. The lowest BCUT2D eigenvalue weighted by Gasteiger charge is -2.47. The highest BCUT2D eigenvalue weighted by molar-refractivity contribution is 6.36. The number of fused-ring (bicyclic) bond motifs is 3. The fourth-order valence-corrected chi connectivity index (χ4v) is 6.98. The number of benzene rings is 3. The molecule has 4 heterocycles. The van der Waals surface area contributed by atoms with Gasteiger partial charge in [-0.1, -0.05) is 48.5 Å². The van der Waals surface area contributed by atoms with Crippen molar-refractivity contribution in [3.63, 3.8) is 0 Å². The number of ether oxygens (including phenoxy) is 1. The molecule has 7 rings (SSSR count). The highest BCUT2D eigenvalue weighted by Gasteiger charge is 2.49. The number of rotatable bonds is 6. The van der Waals surface area contributed by atoms with Gasteiger partial charge in [0.2, 0.25) is 5.91 Å². The van der Waals surface area contributed by atoms with Crippen molar-refractivity contribution in [3.8, 4) is 17.1 Å². The van der Waals surface area contributed by atoms with Crippen molar-refractivity contribution >= 4 is 45.0 Å². The number of aromatic nitrogens is 2. The summed E-state index contributed by atoms with van der Waals surface area (Å²) in [7, 11) is 2.12. The maximum atomic E-state index is 14.5. The first-order chi connectivity index (χ1) is 19.9. The molecule has 1 amide bonds. The lowest BCUT2D eigenvalue weighted by Crippen LogP contribution is -2.63. The van der Waals surface area contributed by atoms with E-state index in [9.17, 15) is 9.18 Å². The average molecular weight is 572 g/mol. The molecule has 3 fully saturated rings.